The van der Waals surface area contributed by atoms with Gasteiger partial charge in [-0.15, -0.1) is 0 Å². The van der Waals surface area contributed by atoms with Crippen molar-refractivity contribution in [3.8, 4) is 5.75 Å². The number of hydrogen-bond acceptors (Lipinski definition) is 3. The molecule has 1 amide bonds. The van der Waals surface area contributed by atoms with E-state index in [-0.39, 0.29) is 12.4 Å². The highest BCUT2D eigenvalue weighted by atomic mass is 16.5. The fraction of sp³-hybridized carbons (Fsp3) is 0.222. The molecule has 0 saturated heterocycles. The number of nitrogens with two attached hydrogens (primary N) is 1. The number of carbonyl (C=O) groups excluding carboxylic acids is 1. The second-order valence-electron chi connectivity index (χ2n) is 2.58. The van der Waals surface area contributed by atoms with Crippen LogP contribution >= 0.6 is 0 Å². The highest BCUT2D eigenvalue weighted by molar-refractivity contribution is 5.64. The van der Waals surface area contributed by atoms with Crippen LogP contribution in [0.1, 0.15) is 5.56 Å². The molecule has 70 valence electrons. The van der Waals surface area contributed by atoms with Gasteiger partial charge in [-0.3, -0.25) is 0 Å². The molecule has 0 aromatic heterocycles. The van der Waals surface area contributed by atoms with Crippen LogP contribution in [-0.2, 0) is 11.2 Å². The molecule has 1 aromatic carbocycles. The van der Waals surface area contributed by atoms with E-state index in [4.69, 9.17) is 10.8 Å². The van der Waals surface area contributed by atoms with Gasteiger partial charge in [-0.1, -0.05) is 12.1 Å². The van der Waals surface area contributed by atoms with Gasteiger partial charge in [0.05, 0.1) is 6.61 Å². The molecule has 4 heteroatoms. The standard InChI is InChI=1S/C9H11NO3/c10-9(12)13-6-5-7-1-3-8(11)4-2-7/h1-4,11H,5-6H2,(H2,10,12). The van der Waals surface area contributed by atoms with Crippen molar-refractivity contribution in [2.45, 2.75) is 6.42 Å². The smallest absolute Gasteiger partial charge is 0.404 e. The van der Waals surface area contributed by atoms with Gasteiger partial charge in [-0.05, 0) is 17.7 Å². The number of ether oxygens (including phenoxy) is 1. The summed E-state index contributed by atoms with van der Waals surface area (Å²) >= 11 is 0. The van der Waals surface area contributed by atoms with Crippen molar-refractivity contribution in [1.82, 2.24) is 0 Å². The normalized spacial score (nSPS) is 9.54. The Morgan fingerprint density at radius 1 is 1.38 bits per heavy atom. The zero-order chi connectivity index (χ0) is 9.68. The maximum atomic E-state index is 10.2. The first kappa shape index (κ1) is 9.38. The van der Waals surface area contributed by atoms with E-state index in [9.17, 15) is 4.79 Å². The minimum absolute atomic E-state index is 0.222. The van der Waals surface area contributed by atoms with Crippen LogP contribution in [0.15, 0.2) is 24.3 Å². The van der Waals surface area contributed by atoms with Crippen molar-refractivity contribution in [2.75, 3.05) is 6.61 Å². The monoisotopic (exact) mass is 181 g/mol. The molecule has 0 radical (unpaired) electrons. The molecular formula is C9H11NO3. The van der Waals surface area contributed by atoms with Gasteiger partial charge >= 0.3 is 6.09 Å². The molecule has 0 fully saturated rings. The molecule has 0 heterocycles. The Balaban J connectivity index is 2.37. The van der Waals surface area contributed by atoms with Gasteiger partial charge in [-0.25, -0.2) is 4.79 Å². The highest BCUT2D eigenvalue weighted by Crippen LogP contribution is 2.09. The molecule has 13 heavy (non-hydrogen) atoms. The molecular weight excluding hydrogens is 170 g/mol. The Hall–Kier alpha value is -1.71. The van der Waals surface area contributed by atoms with Crippen LogP contribution in [0.25, 0.3) is 0 Å². The van der Waals surface area contributed by atoms with Crippen molar-refractivity contribution < 1.29 is 14.6 Å². The summed E-state index contributed by atoms with van der Waals surface area (Å²) in [4.78, 5) is 10.2. The zero-order valence-electron chi connectivity index (χ0n) is 7.06. The van der Waals surface area contributed by atoms with Crippen LogP contribution in [0.5, 0.6) is 5.75 Å². The summed E-state index contributed by atoms with van der Waals surface area (Å²) in [6, 6.07) is 6.69. The lowest BCUT2D eigenvalue weighted by Crippen LogP contribution is -2.14. The number of amides is 1. The van der Waals surface area contributed by atoms with Crippen molar-refractivity contribution in [3.63, 3.8) is 0 Å². The van der Waals surface area contributed by atoms with Gasteiger partial charge in [-0.2, -0.15) is 0 Å². The van der Waals surface area contributed by atoms with Gasteiger partial charge in [0.15, 0.2) is 0 Å². The first-order chi connectivity index (χ1) is 6.18. The van der Waals surface area contributed by atoms with E-state index in [1.165, 1.54) is 0 Å². The molecule has 3 N–H and O–H groups in total. The van der Waals surface area contributed by atoms with Gasteiger partial charge in [0, 0.05) is 6.42 Å². The summed E-state index contributed by atoms with van der Waals surface area (Å²) in [6.07, 6.45) is -0.165. The van der Waals surface area contributed by atoms with E-state index >= 15 is 0 Å². The van der Waals surface area contributed by atoms with E-state index in [2.05, 4.69) is 4.74 Å². The third kappa shape index (κ3) is 3.46. The molecule has 0 saturated carbocycles. The van der Waals surface area contributed by atoms with E-state index in [0.29, 0.717) is 6.42 Å². The Bertz CT molecular complexity index is 281. The molecule has 1 aromatic rings. The van der Waals surface area contributed by atoms with Crippen molar-refractivity contribution >= 4 is 6.09 Å². The van der Waals surface area contributed by atoms with Gasteiger partial charge < -0.3 is 15.6 Å². The van der Waals surface area contributed by atoms with E-state index < -0.39 is 6.09 Å². The second kappa shape index (κ2) is 4.35. The summed E-state index contributed by atoms with van der Waals surface area (Å²) in [5.41, 5.74) is 5.76. The number of aromatic hydroxyl groups is 1. The lowest BCUT2D eigenvalue weighted by atomic mass is 10.1. The van der Waals surface area contributed by atoms with Gasteiger partial charge in [0.1, 0.15) is 5.75 Å². The first-order valence-electron chi connectivity index (χ1n) is 3.88. The maximum Gasteiger partial charge on any atom is 0.404 e. The van der Waals surface area contributed by atoms with Crippen LogP contribution in [0.3, 0.4) is 0 Å². The number of primary amides is 1. The van der Waals surface area contributed by atoms with Gasteiger partial charge in [0.2, 0.25) is 0 Å². The molecule has 0 aliphatic rings. The van der Waals surface area contributed by atoms with Crippen molar-refractivity contribution in [2.24, 2.45) is 5.73 Å². The van der Waals surface area contributed by atoms with Crippen LogP contribution in [0.2, 0.25) is 0 Å². The second-order valence-corrected chi connectivity index (χ2v) is 2.58. The Kier molecular flexibility index (Phi) is 3.14. The number of rotatable bonds is 3. The van der Waals surface area contributed by atoms with Crippen molar-refractivity contribution in [1.29, 1.82) is 0 Å². The number of carbonyl (C=O) groups is 1. The number of hydrogen-bond donors (Lipinski definition) is 2. The van der Waals surface area contributed by atoms with Crippen LogP contribution < -0.4 is 5.73 Å². The summed E-state index contributed by atoms with van der Waals surface area (Å²) < 4.78 is 4.55. The molecule has 4 nitrogen and oxygen atoms in total. The third-order valence-corrected chi connectivity index (χ3v) is 1.57. The van der Waals surface area contributed by atoms with Gasteiger partial charge in [0.25, 0.3) is 0 Å². The average Bonchev–Trinajstić information content (AvgIpc) is 2.08. The molecule has 1 rings (SSSR count). The molecule has 0 bridgehead atoms. The van der Waals surface area contributed by atoms with Crippen LogP contribution in [0, 0.1) is 0 Å². The largest absolute Gasteiger partial charge is 0.508 e. The lowest BCUT2D eigenvalue weighted by Gasteiger charge is -2.01. The maximum absolute atomic E-state index is 10.2. The summed E-state index contributed by atoms with van der Waals surface area (Å²) in [5, 5.41) is 8.96. The molecule has 0 aliphatic carbocycles. The van der Waals surface area contributed by atoms with E-state index in [0.717, 1.165) is 5.56 Å². The molecule has 0 unspecified atom stereocenters. The summed E-state index contributed by atoms with van der Waals surface area (Å²) in [7, 11) is 0. The predicted octanol–water partition coefficient (Wildman–Crippen LogP) is 1.03. The predicted molar refractivity (Wildman–Crippen MR) is 47.3 cm³/mol. The zero-order valence-corrected chi connectivity index (χ0v) is 7.06. The quantitative estimate of drug-likeness (QED) is 0.731. The average molecular weight is 181 g/mol. The number of phenolic OH excluding ortho intramolecular Hbond substituents is 1. The van der Waals surface area contributed by atoms with Crippen LogP contribution in [0.4, 0.5) is 4.79 Å². The lowest BCUT2D eigenvalue weighted by molar-refractivity contribution is 0.158. The minimum atomic E-state index is -0.765. The minimum Gasteiger partial charge on any atom is -0.508 e. The molecule has 0 aliphatic heterocycles. The molecule has 0 atom stereocenters. The van der Waals surface area contributed by atoms with Crippen molar-refractivity contribution in [3.05, 3.63) is 29.8 Å². The number of phenols is 1. The third-order valence-electron chi connectivity index (χ3n) is 1.57. The topological polar surface area (TPSA) is 72.6 Å². The SMILES string of the molecule is NC(=O)OCCc1ccc(O)cc1. The highest BCUT2D eigenvalue weighted by Gasteiger charge is 1.96. The summed E-state index contributed by atoms with van der Waals surface area (Å²) in [6.45, 7) is 0.264. The fourth-order valence-electron chi connectivity index (χ4n) is 0.932. The van der Waals surface area contributed by atoms with Crippen LogP contribution in [-0.4, -0.2) is 17.8 Å². The Morgan fingerprint density at radius 2 is 2.00 bits per heavy atom. The number of benzene rings is 1. The van der Waals surface area contributed by atoms with E-state index in [1.807, 2.05) is 0 Å². The molecule has 0 spiro atoms. The fourth-order valence-corrected chi connectivity index (χ4v) is 0.932. The Morgan fingerprint density at radius 3 is 2.54 bits per heavy atom. The van der Waals surface area contributed by atoms with E-state index in [1.54, 1.807) is 24.3 Å². The Labute approximate surface area is 75.9 Å². The first-order valence-corrected chi connectivity index (χ1v) is 3.88. The summed E-state index contributed by atoms with van der Waals surface area (Å²) in [5.74, 6) is 0.222.